The first-order valence-corrected chi connectivity index (χ1v) is 40.2. The molecule has 10 heterocycles. The van der Waals surface area contributed by atoms with Gasteiger partial charge >= 0.3 is 33.1 Å². The minimum absolute atomic E-state index is 0. The van der Waals surface area contributed by atoms with Crippen molar-refractivity contribution in [2.75, 3.05) is 33.3 Å². The average Bonchev–Trinajstić information content (AvgIpc) is 1.61. The molecule has 1 N–H and O–H groups in total. The average molecular weight is 1670 g/mol. The van der Waals surface area contributed by atoms with Crippen molar-refractivity contribution >= 4 is 55.1 Å². The van der Waals surface area contributed by atoms with Crippen LogP contribution in [0.2, 0.25) is 0 Å². The van der Waals surface area contributed by atoms with E-state index < -0.39 is 11.9 Å². The van der Waals surface area contributed by atoms with E-state index in [1.807, 2.05) is 107 Å². The van der Waals surface area contributed by atoms with E-state index in [2.05, 4.69) is 267 Å². The summed E-state index contributed by atoms with van der Waals surface area (Å²) in [6.07, 6.45) is 6.22. The Morgan fingerprint density at radius 2 is 0.961 bits per heavy atom. The second kappa shape index (κ2) is 37.5. The molecular formula is C79H107BBrF3N12O3OsP2+2. The van der Waals surface area contributed by atoms with E-state index >= 15 is 0 Å². The van der Waals surface area contributed by atoms with Crippen molar-refractivity contribution in [1.82, 2.24) is 60.3 Å². The molecule has 1 unspecified atom stereocenters. The Kier molecular flexibility index (Phi) is 31.7. The third-order valence-electron chi connectivity index (χ3n) is 17.0. The molecule has 548 valence electrons. The number of nitrogens with one attached hydrogen (secondary N) is 1. The number of aryl methyl sites for hydroxylation is 3. The summed E-state index contributed by atoms with van der Waals surface area (Å²) >= 11 is 3.30. The van der Waals surface area contributed by atoms with E-state index in [0.717, 1.165) is 81.1 Å². The number of ether oxygens (including phenoxy) is 1. The number of aromatic amines is 1. The molecular weight excluding hydrogens is 1560 g/mol. The number of halogens is 4. The number of pyridine rings is 4. The fraction of sp³-hybridized carbons (Fsp3) is 0.443. The van der Waals surface area contributed by atoms with Crippen molar-refractivity contribution in [2.45, 2.75) is 196 Å². The van der Waals surface area contributed by atoms with Gasteiger partial charge in [-0.3, -0.25) is 20.1 Å². The van der Waals surface area contributed by atoms with Gasteiger partial charge < -0.3 is 34.4 Å². The van der Waals surface area contributed by atoms with Crippen molar-refractivity contribution in [2.24, 2.45) is 0 Å². The monoisotopic (exact) mass is 1670 g/mol. The predicted octanol–water partition coefficient (Wildman–Crippen LogP) is 18.1. The molecule has 0 bridgehead atoms. The quantitative estimate of drug-likeness (QED) is 0.0906. The van der Waals surface area contributed by atoms with Gasteiger partial charge in [0.05, 0.1) is 65.5 Å². The molecule has 2 aliphatic heterocycles. The van der Waals surface area contributed by atoms with Crippen LogP contribution < -0.4 is 26.4 Å². The van der Waals surface area contributed by atoms with Gasteiger partial charge in [-0.05, 0) is 194 Å². The number of rotatable bonds is 7. The van der Waals surface area contributed by atoms with Crippen LogP contribution in [0.25, 0.3) is 34.2 Å². The number of hydrogen-bond donors (Lipinski definition) is 1. The molecule has 15 nitrogen and oxygen atoms in total. The Hall–Kier alpha value is -6.41. The second-order valence-corrected chi connectivity index (χ2v) is 36.8. The zero-order valence-electron chi connectivity index (χ0n) is 64.0. The van der Waals surface area contributed by atoms with Crippen LogP contribution in [-0.4, -0.2) is 102 Å². The van der Waals surface area contributed by atoms with Crippen molar-refractivity contribution < 1.29 is 47.0 Å². The van der Waals surface area contributed by atoms with Gasteiger partial charge in [-0.25, -0.2) is 9.67 Å². The Labute approximate surface area is 629 Å². The minimum Gasteiger partial charge on any atom is -0.574 e. The Morgan fingerprint density at radius 3 is 1.29 bits per heavy atom. The molecule has 0 radical (unpaired) electrons. The van der Waals surface area contributed by atoms with E-state index in [4.69, 9.17) is 14.0 Å². The molecule has 2 fully saturated rings. The molecule has 8 aromatic heterocycles. The molecule has 0 amide bonds. The predicted molar refractivity (Wildman–Crippen MR) is 419 cm³/mol. The molecule has 2 saturated heterocycles. The molecule has 0 aliphatic carbocycles. The number of benzene rings is 2. The van der Waals surface area contributed by atoms with Gasteiger partial charge in [0.25, 0.3) is 0 Å². The van der Waals surface area contributed by atoms with Gasteiger partial charge in [0, 0.05) is 70.0 Å². The number of alkyl halides is 3. The van der Waals surface area contributed by atoms with E-state index in [1.165, 1.54) is 33.7 Å². The molecule has 2 aliphatic rings. The zero-order chi connectivity index (χ0) is 74.9. The minimum atomic E-state index is -4.48. The summed E-state index contributed by atoms with van der Waals surface area (Å²) < 4.78 is 58.3. The third-order valence-corrected chi connectivity index (χ3v) is 20.4. The van der Waals surface area contributed by atoms with Crippen molar-refractivity contribution in [3.05, 3.63) is 208 Å². The summed E-state index contributed by atoms with van der Waals surface area (Å²) in [7, 11) is -0.812. The van der Waals surface area contributed by atoms with Gasteiger partial charge in [-0.15, -0.1) is 0 Å². The van der Waals surface area contributed by atoms with Crippen LogP contribution in [0, 0.1) is 20.8 Å². The van der Waals surface area contributed by atoms with Gasteiger partial charge in [0.15, 0.2) is 0 Å². The molecule has 0 saturated carbocycles. The third kappa shape index (κ3) is 26.6. The number of hydrogen-bond acceptors (Lipinski definition) is 11. The number of nitrogens with zero attached hydrogens (tertiary/aromatic N) is 11. The summed E-state index contributed by atoms with van der Waals surface area (Å²) in [5, 5.41) is 29.4. The van der Waals surface area contributed by atoms with Gasteiger partial charge in [0.1, 0.15) is 22.2 Å². The van der Waals surface area contributed by atoms with Crippen LogP contribution in [0.3, 0.4) is 0 Å². The molecule has 2 aromatic carbocycles. The first-order chi connectivity index (χ1) is 47.0. The maximum absolute atomic E-state index is 12.4. The SMILES string of the molecule is CC(C)(C)c1ccc(-c2cc(C(F)(F)F)n[n-]2)nc1.CC(C)(C)c1ccc(Br)nc1.C[PH+](C)c1ccccc1.C[PH+](C)c1ccccc1.Cc1cc(-c2ccc(C(C)(C)C)cn2)[n-]n1.Cc1cc(-c2ccc(C(C)(C)C)cn2)n[nH]1.Cc1cc(B2OC(C)(C)C(C)(C)O2)n(C2CCCCO2)n1.[Os+2]. The summed E-state index contributed by atoms with van der Waals surface area (Å²) in [4.78, 5) is 17.2. The maximum atomic E-state index is 12.4. The summed E-state index contributed by atoms with van der Waals surface area (Å²) in [5.41, 5.74) is 11.5. The van der Waals surface area contributed by atoms with Crippen LogP contribution in [0.15, 0.2) is 163 Å². The zero-order valence-corrected chi connectivity index (χ0v) is 70.1. The first kappa shape index (κ1) is 86.2. The number of H-pyrrole nitrogens is 1. The van der Waals surface area contributed by atoms with Crippen molar-refractivity contribution in [1.29, 1.82) is 0 Å². The largest absolute Gasteiger partial charge is 2.00 e. The van der Waals surface area contributed by atoms with Gasteiger partial charge in [0.2, 0.25) is 0 Å². The van der Waals surface area contributed by atoms with Crippen LogP contribution in [0.4, 0.5) is 13.2 Å². The van der Waals surface area contributed by atoms with E-state index in [-0.39, 0.29) is 87.5 Å². The first-order valence-electron chi connectivity index (χ1n) is 34.4. The van der Waals surface area contributed by atoms with E-state index in [0.29, 0.717) is 5.69 Å². The summed E-state index contributed by atoms with van der Waals surface area (Å²) in [5.74, 6) is 0. The number of aromatic nitrogens is 12. The van der Waals surface area contributed by atoms with Crippen molar-refractivity contribution in [3.8, 4) is 34.2 Å². The smallest absolute Gasteiger partial charge is 0.574 e. The molecule has 102 heavy (non-hydrogen) atoms. The topological polar surface area (TPSA) is 180 Å². The molecule has 10 aromatic rings. The van der Waals surface area contributed by atoms with Gasteiger partial charge in [-0.2, -0.15) is 23.4 Å². The van der Waals surface area contributed by atoms with E-state index in [1.54, 1.807) is 12.3 Å². The fourth-order valence-electron chi connectivity index (χ4n) is 9.77. The fourth-order valence-corrected chi connectivity index (χ4v) is 11.7. The second-order valence-electron chi connectivity index (χ2n) is 30.9. The summed E-state index contributed by atoms with van der Waals surface area (Å²) in [6.45, 7) is 49.9. The summed E-state index contributed by atoms with van der Waals surface area (Å²) in [6, 6.07) is 44.1. The van der Waals surface area contributed by atoms with E-state index in [9.17, 15) is 13.2 Å². The molecule has 0 spiro atoms. The molecule has 23 heteroatoms. The maximum Gasteiger partial charge on any atom is 2.00 e. The normalized spacial score (nSPS) is 14.9. The van der Waals surface area contributed by atoms with Crippen LogP contribution in [0.5, 0.6) is 0 Å². The Morgan fingerprint density at radius 1 is 0.529 bits per heavy atom. The Bertz CT molecular complexity index is 3930. The van der Waals surface area contributed by atoms with Crippen LogP contribution >= 0.6 is 31.8 Å². The Balaban J connectivity index is 0.000000218. The van der Waals surface area contributed by atoms with Gasteiger partial charge in [-0.1, -0.05) is 161 Å². The van der Waals surface area contributed by atoms with Crippen molar-refractivity contribution in [3.63, 3.8) is 0 Å². The molecule has 1 atom stereocenters. The molecule has 12 rings (SSSR count). The standard InChI is InChI=1S/C15H25BN2O3.C13H13F3N3.C13H17N3.C13H16N3.C9H12BrN.2C8H11P.Os/c1-11-10-12(16-20-14(2,3)15(4,5)21-16)18(17-11)13-8-6-7-9-19-13;1-12(2,3)8-4-5-9(17-7-8)10-6-11(19-18-10)13(14,15)16;2*1-9-7-12(16-15-9)11-6-5-10(8-14-11)13(2,3)4;1-9(2,3)7-4-5-8(10)11-6-7;2*1-9(2)8-6-4-3-5-7-8;/h10,13H,6-9H2,1-5H3;4-7H,1-3H3;5-8H,1-4H3,(H,15,16);5-8H,1-4H3;4-6H,1-3H3;2*3-7H,1-2H3;/q;-1;;-1;;;;+2/p+2. The van der Waals surface area contributed by atoms with Crippen LogP contribution in [-0.2, 0) is 61.7 Å². The van der Waals surface area contributed by atoms with Crippen LogP contribution in [0.1, 0.15) is 181 Å².